The third-order valence-electron chi connectivity index (χ3n) is 5.52. The Morgan fingerprint density at radius 2 is 1.88 bits per heavy atom. The third-order valence-corrected chi connectivity index (χ3v) is 10.0. The van der Waals surface area contributed by atoms with E-state index in [4.69, 9.17) is 14.7 Å². The number of nitrogens with zero attached hydrogens (tertiary/aromatic N) is 3. The molecule has 0 spiro atoms. The van der Waals surface area contributed by atoms with E-state index in [-0.39, 0.29) is 23.1 Å². The van der Waals surface area contributed by atoms with Crippen molar-refractivity contribution in [1.29, 1.82) is 0 Å². The molecular formula is C19H31N3O2Si. The molecule has 25 heavy (non-hydrogen) atoms. The maximum atomic E-state index is 8.78. The van der Waals surface area contributed by atoms with Crippen LogP contribution in [-0.2, 0) is 15.8 Å². The highest BCUT2D eigenvalue weighted by Crippen LogP contribution is 2.41. The van der Waals surface area contributed by atoms with E-state index in [9.17, 15) is 0 Å². The SMILES string of the molecule is CC(C)(C)[Si](C)(C)O[C@H]1C[C@H](N=[N+]=[N-])C[C@H]1COCc1ccccc1. The molecule has 1 aromatic rings. The third kappa shape index (κ3) is 5.58. The maximum Gasteiger partial charge on any atom is 0.192 e. The number of hydrogen-bond donors (Lipinski definition) is 0. The van der Waals surface area contributed by atoms with E-state index in [1.165, 1.54) is 5.56 Å². The molecule has 0 unspecified atom stereocenters. The van der Waals surface area contributed by atoms with Crippen molar-refractivity contribution >= 4 is 8.32 Å². The van der Waals surface area contributed by atoms with Gasteiger partial charge in [-0.05, 0) is 42.1 Å². The average Bonchev–Trinajstić information content (AvgIpc) is 2.89. The Labute approximate surface area is 152 Å². The minimum atomic E-state index is -1.86. The Morgan fingerprint density at radius 1 is 1.20 bits per heavy atom. The molecule has 3 atom stereocenters. The van der Waals surface area contributed by atoms with Crippen LogP contribution in [0.2, 0.25) is 18.1 Å². The summed E-state index contributed by atoms with van der Waals surface area (Å²) in [6.07, 6.45) is 1.76. The lowest BCUT2D eigenvalue weighted by atomic mass is 10.1. The molecule has 1 fully saturated rings. The summed E-state index contributed by atoms with van der Waals surface area (Å²) in [5.74, 6) is 0.285. The zero-order valence-corrected chi connectivity index (χ0v) is 17.1. The molecular weight excluding hydrogens is 330 g/mol. The van der Waals surface area contributed by atoms with Crippen LogP contribution in [-0.4, -0.2) is 27.1 Å². The van der Waals surface area contributed by atoms with Crippen LogP contribution in [0.25, 0.3) is 10.4 Å². The first-order valence-corrected chi connectivity index (χ1v) is 12.0. The van der Waals surface area contributed by atoms with Crippen molar-refractivity contribution in [2.75, 3.05) is 6.61 Å². The van der Waals surface area contributed by atoms with Crippen molar-refractivity contribution in [3.63, 3.8) is 0 Å². The zero-order valence-electron chi connectivity index (χ0n) is 16.1. The molecule has 1 aromatic carbocycles. The molecule has 0 amide bonds. The van der Waals surface area contributed by atoms with Gasteiger partial charge in [-0.3, -0.25) is 0 Å². The van der Waals surface area contributed by atoms with Gasteiger partial charge in [-0.2, -0.15) is 0 Å². The lowest BCUT2D eigenvalue weighted by molar-refractivity contribution is 0.0412. The minimum Gasteiger partial charge on any atom is -0.414 e. The monoisotopic (exact) mass is 361 g/mol. The van der Waals surface area contributed by atoms with Gasteiger partial charge in [0.15, 0.2) is 8.32 Å². The summed E-state index contributed by atoms with van der Waals surface area (Å²) >= 11 is 0. The second kappa shape index (κ2) is 8.36. The second-order valence-electron chi connectivity index (χ2n) is 8.51. The van der Waals surface area contributed by atoms with Crippen molar-refractivity contribution in [3.8, 4) is 0 Å². The quantitative estimate of drug-likeness (QED) is 0.271. The number of hydrogen-bond acceptors (Lipinski definition) is 3. The summed E-state index contributed by atoms with van der Waals surface area (Å²) in [6.45, 7) is 12.5. The van der Waals surface area contributed by atoms with Crippen LogP contribution in [0.5, 0.6) is 0 Å². The predicted molar refractivity (Wildman–Crippen MR) is 104 cm³/mol. The maximum absolute atomic E-state index is 8.78. The smallest absolute Gasteiger partial charge is 0.192 e. The molecule has 0 N–H and O–H groups in total. The normalized spacial score (nSPS) is 24.1. The van der Waals surface area contributed by atoms with Crippen LogP contribution in [0.1, 0.15) is 39.2 Å². The standard InChI is InChI=1S/C19H31N3O2Si/c1-19(2,3)25(4,5)24-18-12-17(21-22-20)11-16(18)14-23-13-15-9-7-6-8-10-15/h6-10,16-18H,11-14H2,1-5H3/t16-,17+,18-/m0/s1. The minimum absolute atomic E-state index is 0.0186. The predicted octanol–water partition coefficient (Wildman–Crippen LogP) is 5.68. The van der Waals surface area contributed by atoms with Gasteiger partial charge >= 0.3 is 0 Å². The van der Waals surface area contributed by atoms with Gasteiger partial charge < -0.3 is 9.16 Å². The Kier molecular flexibility index (Phi) is 6.69. The first kappa shape index (κ1) is 20.0. The highest BCUT2D eigenvalue weighted by atomic mass is 28.4. The first-order valence-electron chi connectivity index (χ1n) is 9.06. The van der Waals surface area contributed by atoms with Gasteiger partial charge in [0.05, 0.1) is 19.3 Å². The molecule has 138 valence electrons. The number of ether oxygens (including phenoxy) is 1. The summed E-state index contributed by atoms with van der Waals surface area (Å²) in [6, 6.07) is 10.2. The number of azide groups is 1. The summed E-state index contributed by atoms with van der Waals surface area (Å²) in [7, 11) is -1.86. The van der Waals surface area contributed by atoms with Crippen molar-refractivity contribution in [2.45, 2.75) is 70.5 Å². The lowest BCUT2D eigenvalue weighted by Crippen LogP contribution is -2.45. The van der Waals surface area contributed by atoms with E-state index < -0.39 is 8.32 Å². The zero-order chi connectivity index (χ0) is 18.5. The van der Waals surface area contributed by atoms with Gasteiger partial charge in [0, 0.05) is 16.9 Å². The molecule has 0 aliphatic heterocycles. The number of rotatable bonds is 7. The van der Waals surface area contributed by atoms with E-state index in [2.05, 4.69) is 56.0 Å². The fourth-order valence-electron chi connectivity index (χ4n) is 3.00. The Morgan fingerprint density at radius 3 is 2.48 bits per heavy atom. The van der Waals surface area contributed by atoms with Gasteiger partial charge in [0.25, 0.3) is 0 Å². The van der Waals surface area contributed by atoms with Gasteiger partial charge in [-0.1, -0.05) is 56.2 Å². The fraction of sp³-hybridized carbons (Fsp3) is 0.684. The average molecular weight is 362 g/mol. The Balaban J connectivity index is 1.98. The largest absolute Gasteiger partial charge is 0.414 e. The molecule has 0 aromatic heterocycles. The van der Waals surface area contributed by atoms with Gasteiger partial charge in [0.2, 0.25) is 0 Å². The van der Waals surface area contributed by atoms with E-state index in [1.54, 1.807) is 0 Å². The van der Waals surface area contributed by atoms with Crippen LogP contribution in [0.4, 0.5) is 0 Å². The molecule has 0 saturated heterocycles. The summed E-state index contributed by atoms with van der Waals surface area (Å²) in [5, 5.41) is 4.11. The van der Waals surface area contributed by atoms with E-state index in [1.807, 2.05) is 18.2 Å². The van der Waals surface area contributed by atoms with Crippen molar-refractivity contribution in [2.24, 2.45) is 11.0 Å². The van der Waals surface area contributed by atoms with Crippen molar-refractivity contribution in [3.05, 3.63) is 46.3 Å². The molecule has 1 saturated carbocycles. The highest BCUT2D eigenvalue weighted by Gasteiger charge is 2.43. The van der Waals surface area contributed by atoms with Crippen molar-refractivity contribution in [1.82, 2.24) is 0 Å². The number of benzene rings is 1. The Bertz CT molecular complexity index is 594. The summed E-state index contributed by atoms with van der Waals surface area (Å²) in [5.41, 5.74) is 9.96. The molecule has 5 nitrogen and oxygen atoms in total. The molecule has 0 heterocycles. The van der Waals surface area contributed by atoms with Gasteiger partial charge in [0.1, 0.15) is 0 Å². The topological polar surface area (TPSA) is 67.2 Å². The Hall–Kier alpha value is -1.33. The van der Waals surface area contributed by atoms with Crippen LogP contribution >= 0.6 is 0 Å². The molecule has 1 aliphatic carbocycles. The highest BCUT2D eigenvalue weighted by molar-refractivity contribution is 6.74. The van der Waals surface area contributed by atoms with Crippen LogP contribution in [0, 0.1) is 5.92 Å². The van der Waals surface area contributed by atoms with Gasteiger partial charge in [-0.25, -0.2) is 0 Å². The lowest BCUT2D eigenvalue weighted by Gasteiger charge is -2.39. The van der Waals surface area contributed by atoms with Crippen LogP contribution < -0.4 is 0 Å². The molecule has 0 bridgehead atoms. The summed E-state index contributed by atoms with van der Waals surface area (Å²) in [4.78, 5) is 3.00. The van der Waals surface area contributed by atoms with Gasteiger partial charge in [-0.15, -0.1) is 0 Å². The molecule has 0 radical (unpaired) electrons. The van der Waals surface area contributed by atoms with E-state index >= 15 is 0 Å². The van der Waals surface area contributed by atoms with Crippen LogP contribution in [0.15, 0.2) is 35.4 Å². The second-order valence-corrected chi connectivity index (χ2v) is 13.3. The van der Waals surface area contributed by atoms with Crippen LogP contribution in [0.3, 0.4) is 0 Å². The van der Waals surface area contributed by atoms with E-state index in [0.29, 0.717) is 13.2 Å². The molecule has 1 aliphatic rings. The molecule has 2 rings (SSSR count). The molecule has 6 heteroatoms. The summed E-state index contributed by atoms with van der Waals surface area (Å²) < 4.78 is 12.6. The van der Waals surface area contributed by atoms with E-state index in [0.717, 1.165) is 12.8 Å². The fourth-order valence-corrected chi connectivity index (χ4v) is 4.40. The first-order chi connectivity index (χ1) is 11.7. The van der Waals surface area contributed by atoms with Crippen molar-refractivity contribution < 1.29 is 9.16 Å².